The summed E-state index contributed by atoms with van der Waals surface area (Å²) in [7, 11) is 0. The molecule has 0 N–H and O–H groups in total. The highest BCUT2D eigenvalue weighted by molar-refractivity contribution is 6.12. The first kappa shape index (κ1) is 53.7. The Labute approximate surface area is 522 Å². The molecular formula is C87H66N2. The standard InChI is InChI=1S/C87H66N2/c1-57(2)73-55-79-80-56-74(58(3)4)78-54-68(89(66-37-21-10-22-38-66)84-50-44-64(60-29-13-6-14-30-60)52-76(84)62-33-17-8-18-34-62)46-48-72(78)86(80)87(81-41-25-23-39-69(81)70-40-24-26-42-82(70)87)85(79)71-47-45-67(53-77(71)73)88(65-35-19-9-20-36-65)83-49-43-63(59-27-11-5-12-28-59)51-75(83)61-31-15-7-16-32-61/h5-58H,1-4H3. The number of fused-ring (bicyclic) bond motifs is 14. The molecule has 0 radical (unpaired) electrons. The Morgan fingerprint density at radius 3 is 0.944 bits per heavy atom. The van der Waals surface area contributed by atoms with Gasteiger partial charge >= 0.3 is 0 Å². The first-order valence-corrected chi connectivity index (χ1v) is 31.5. The van der Waals surface area contributed by atoms with Gasteiger partial charge < -0.3 is 9.80 Å². The molecule has 14 aromatic rings. The summed E-state index contributed by atoms with van der Waals surface area (Å²) in [5.74, 6) is 0.436. The monoisotopic (exact) mass is 1140 g/mol. The van der Waals surface area contributed by atoms with Crippen molar-refractivity contribution in [2.45, 2.75) is 44.9 Å². The van der Waals surface area contributed by atoms with Crippen molar-refractivity contribution in [1.82, 2.24) is 0 Å². The van der Waals surface area contributed by atoms with Crippen molar-refractivity contribution in [3.63, 3.8) is 0 Å². The topological polar surface area (TPSA) is 6.48 Å². The molecule has 0 atom stereocenters. The van der Waals surface area contributed by atoms with Crippen LogP contribution in [0.1, 0.15) is 72.9 Å². The van der Waals surface area contributed by atoms with Crippen LogP contribution in [0, 0.1) is 0 Å². The molecule has 0 fully saturated rings. The fourth-order valence-corrected chi connectivity index (χ4v) is 15.0. The minimum Gasteiger partial charge on any atom is -0.310 e. The second-order valence-corrected chi connectivity index (χ2v) is 24.7. The third-order valence-corrected chi connectivity index (χ3v) is 18.9. The third kappa shape index (κ3) is 8.76. The van der Waals surface area contributed by atoms with Gasteiger partial charge in [0.1, 0.15) is 0 Å². The van der Waals surface area contributed by atoms with Gasteiger partial charge in [-0.05, 0) is 207 Å². The van der Waals surface area contributed by atoms with Gasteiger partial charge in [0.05, 0.1) is 16.8 Å². The second-order valence-electron chi connectivity index (χ2n) is 24.7. The van der Waals surface area contributed by atoms with Gasteiger partial charge in [-0.1, -0.05) is 258 Å². The van der Waals surface area contributed by atoms with E-state index in [1.165, 1.54) is 122 Å². The molecule has 0 bridgehead atoms. The Kier molecular flexibility index (Phi) is 13.2. The van der Waals surface area contributed by atoms with Gasteiger partial charge in [0.2, 0.25) is 0 Å². The van der Waals surface area contributed by atoms with Crippen LogP contribution in [0.5, 0.6) is 0 Å². The smallest absolute Gasteiger partial charge is 0.0737 e. The second kappa shape index (κ2) is 21.9. The summed E-state index contributed by atoms with van der Waals surface area (Å²) in [5, 5.41) is 5.11. The fourth-order valence-electron chi connectivity index (χ4n) is 15.0. The molecule has 2 aliphatic rings. The van der Waals surface area contributed by atoms with Gasteiger partial charge in [0, 0.05) is 33.9 Å². The lowest BCUT2D eigenvalue weighted by Crippen LogP contribution is -2.27. The maximum atomic E-state index is 2.60. The van der Waals surface area contributed by atoms with Gasteiger partial charge in [-0.3, -0.25) is 0 Å². The van der Waals surface area contributed by atoms with Crippen LogP contribution in [-0.2, 0) is 5.41 Å². The number of para-hydroxylation sites is 2. The first-order chi connectivity index (χ1) is 43.8. The molecule has 0 aromatic heterocycles. The highest BCUT2D eigenvalue weighted by Crippen LogP contribution is 2.67. The van der Waals surface area contributed by atoms with Crippen molar-refractivity contribution >= 4 is 55.7 Å². The molecule has 16 rings (SSSR count). The Balaban J connectivity index is 0.955. The molecule has 0 saturated carbocycles. The zero-order chi connectivity index (χ0) is 59.7. The number of hydrogen-bond acceptors (Lipinski definition) is 2. The Morgan fingerprint density at radius 1 is 0.236 bits per heavy atom. The van der Waals surface area contributed by atoms with Crippen molar-refractivity contribution in [2.24, 2.45) is 0 Å². The summed E-state index contributed by atoms with van der Waals surface area (Å²) in [6.07, 6.45) is 0. The highest BCUT2D eigenvalue weighted by Gasteiger charge is 2.54. The molecule has 0 unspecified atom stereocenters. The normalized spacial score (nSPS) is 12.6. The zero-order valence-corrected chi connectivity index (χ0v) is 50.6. The maximum absolute atomic E-state index is 2.60. The SMILES string of the molecule is CC(C)c1cc2c(c3ccc(N(c4ccccc4)c4ccc(-c5ccccc5)cc4-c4ccccc4)cc13)C1(c3ccccc3-c3ccccc31)c1c-2cc(C(C)C)c2cc(N(c3ccccc3)c3ccc(-c4ccccc4)cc3-c3ccccc3)ccc12. The summed E-state index contributed by atoms with van der Waals surface area (Å²) >= 11 is 0. The van der Waals surface area contributed by atoms with E-state index < -0.39 is 5.41 Å². The molecule has 1 spiro atoms. The summed E-state index contributed by atoms with van der Waals surface area (Å²) in [6, 6.07) is 118. The molecular weight excluding hydrogens is 1070 g/mol. The van der Waals surface area contributed by atoms with Crippen LogP contribution in [0.4, 0.5) is 34.1 Å². The van der Waals surface area contributed by atoms with E-state index in [2.05, 4.69) is 353 Å². The van der Waals surface area contributed by atoms with Crippen molar-refractivity contribution in [1.29, 1.82) is 0 Å². The average molecular weight is 1140 g/mol. The quantitative estimate of drug-likeness (QED) is 0.120. The molecule has 14 aromatic carbocycles. The van der Waals surface area contributed by atoms with Crippen LogP contribution in [0.25, 0.3) is 88.3 Å². The molecule has 2 nitrogen and oxygen atoms in total. The molecule has 0 heterocycles. The summed E-state index contributed by atoms with van der Waals surface area (Å²) in [6.45, 7) is 9.51. The summed E-state index contributed by atoms with van der Waals surface area (Å²) in [5.41, 5.74) is 28.8. The molecule has 0 amide bonds. The van der Waals surface area contributed by atoms with Crippen LogP contribution in [-0.4, -0.2) is 0 Å². The van der Waals surface area contributed by atoms with E-state index in [1.807, 2.05) is 0 Å². The molecule has 2 aliphatic carbocycles. The van der Waals surface area contributed by atoms with Gasteiger partial charge in [-0.2, -0.15) is 0 Å². The molecule has 0 aliphatic heterocycles. The summed E-state index contributed by atoms with van der Waals surface area (Å²) < 4.78 is 0. The van der Waals surface area contributed by atoms with E-state index in [9.17, 15) is 0 Å². The number of benzene rings is 14. The number of rotatable bonds is 12. The van der Waals surface area contributed by atoms with Crippen molar-refractivity contribution < 1.29 is 0 Å². The van der Waals surface area contributed by atoms with E-state index in [4.69, 9.17) is 0 Å². The van der Waals surface area contributed by atoms with E-state index in [1.54, 1.807) is 0 Å². The van der Waals surface area contributed by atoms with Crippen LogP contribution >= 0.6 is 0 Å². The minimum absolute atomic E-state index is 0.218. The first-order valence-electron chi connectivity index (χ1n) is 31.5. The minimum atomic E-state index is -0.651. The largest absolute Gasteiger partial charge is 0.310 e. The predicted octanol–water partition coefficient (Wildman–Crippen LogP) is 24.2. The molecule has 0 saturated heterocycles. The maximum Gasteiger partial charge on any atom is 0.0737 e. The van der Waals surface area contributed by atoms with E-state index >= 15 is 0 Å². The lowest BCUT2D eigenvalue weighted by atomic mass is 9.67. The number of nitrogens with zero attached hydrogens (tertiary/aromatic N) is 2. The third-order valence-electron chi connectivity index (χ3n) is 18.9. The van der Waals surface area contributed by atoms with Crippen molar-refractivity contribution in [2.75, 3.05) is 9.80 Å². The Morgan fingerprint density at radius 2 is 0.573 bits per heavy atom. The Bertz CT molecular complexity index is 4670. The summed E-state index contributed by atoms with van der Waals surface area (Å²) in [4.78, 5) is 4.97. The number of anilines is 6. The fraction of sp³-hybridized carbons (Fsp3) is 0.0805. The van der Waals surface area contributed by atoms with Crippen LogP contribution in [0.15, 0.2) is 315 Å². The van der Waals surface area contributed by atoms with E-state index in [-0.39, 0.29) is 11.8 Å². The van der Waals surface area contributed by atoms with Gasteiger partial charge in [-0.15, -0.1) is 0 Å². The highest BCUT2D eigenvalue weighted by atomic mass is 15.2. The predicted molar refractivity (Wildman–Crippen MR) is 377 cm³/mol. The lowest BCUT2D eigenvalue weighted by molar-refractivity contribution is 0.806. The van der Waals surface area contributed by atoms with Gasteiger partial charge in [0.15, 0.2) is 0 Å². The number of hydrogen-bond donors (Lipinski definition) is 0. The van der Waals surface area contributed by atoms with E-state index in [0.717, 1.165) is 34.1 Å². The Hall–Kier alpha value is -10.8. The zero-order valence-electron chi connectivity index (χ0n) is 50.6. The van der Waals surface area contributed by atoms with Crippen molar-refractivity contribution in [3.8, 4) is 66.8 Å². The van der Waals surface area contributed by atoms with Gasteiger partial charge in [-0.25, -0.2) is 0 Å². The molecule has 424 valence electrons. The lowest BCUT2D eigenvalue weighted by Gasteiger charge is -2.34. The van der Waals surface area contributed by atoms with E-state index in [0.29, 0.717) is 0 Å². The average Bonchev–Trinajstić information content (AvgIpc) is 1.50. The van der Waals surface area contributed by atoms with Crippen LogP contribution in [0.2, 0.25) is 0 Å². The van der Waals surface area contributed by atoms with Crippen LogP contribution < -0.4 is 9.80 Å². The van der Waals surface area contributed by atoms with Crippen molar-refractivity contribution in [3.05, 3.63) is 349 Å². The van der Waals surface area contributed by atoms with Gasteiger partial charge in [0.25, 0.3) is 0 Å². The van der Waals surface area contributed by atoms with Crippen LogP contribution in [0.3, 0.4) is 0 Å². The molecule has 89 heavy (non-hydrogen) atoms. The molecule has 2 heteroatoms.